The maximum atomic E-state index is 13.1. The van der Waals surface area contributed by atoms with E-state index in [9.17, 15) is 18.0 Å². The monoisotopic (exact) mass is 437 g/mol. The van der Waals surface area contributed by atoms with Crippen LogP contribution in [0.2, 0.25) is 0 Å². The minimum absolute atomic E-state index is 0.158. The average molecular weight is 438 g/mol. The smallest absolute Gasteiger partial charge is 0.242 e. The molecule has 31 heavy (non-hydrogen) atoms. The number of sulfonamides is 1. The predicted octanol–water partition coefficient (Wildman–Crippen LogP) is 2.92. The molecule has 160 valence electrons. The van der Waals surface area contributed by atoms with Crippen molar-refractivity contribution in [3.05, 3.63) is 90.0 Å². The number of carbonyl (C=O) groups excluding carboxylic acids is 2. The number of nitrogens with zero attached hydrogens (tertiary/aromatic N) is 3. The molecule has 7 nitrogen and oxygen atoms in total. The number of allylic oxidation sites excluding steroid dienone is 1. The molecular formula is C23H23N3O4S. The van der Waals surface area contributed by atoms with Crippen molar-refractivity contribution < 1.29 is 18.0 Å². The summed E-state index contributed by atoms with van der Waals surface area (Å²) in [6, 6.07) is 14.8. The number of imidazole rings is 1. The first-order valence-corrected chi connectivity index (χ1v) is 11.0. The fourth-order valence-electron chi connectivity index (χ4n) is 3.03. The van der Waals surface area contributed by atoms with Crippen molar-refractivity contribution in [2.75, 3.05) is 14.1 Å². The number of carbonyl (C=O) groups is 2. The normalized spacial score (nSPS) is 12.9. The molecular weight excluding hydrogens is 414 g/mol. The van der Waals surface area contributed by atoms with Crippen LogP contribution in [0.5, 0.6) is 0 Å². The van der Waals surface area contributed by atoms with Gasteiger partial charge in [-0.05, 0) is 23.8 Å². The van der Waals surface area contributed by atoms with Crippen LogP contribution in [0, 0.1) is 0 Å². The van der Waals surface area contributed by atoms with Gasteiger partial charge in [0.1, 0.15) is 11.7 Å². The third kappa shape index (κ3) is 4.87. The Hall–Kier alpha value is -3.36. The number of benzene rings is 2. The van der Waals surface area contributed by atoms with E-state index in [1.165, 1.54) is 32.3 Å². The summed E-state index contributed by atoms with van der Waals surface area (Å²) in [5, 5.41) is 0. The molecule has 1 unspecified atom stereocenters. The van der Waals surface area contributed by atoms with E-state index >= 15 is 0 Å². The van der Waals surface area contributed by atoms with E-state index in [1.54, 1.807) is 72.5 Å². The summed E-state index contributed by atoms with van der Waals surface area (Å²) in [6.45, 7) is 0. The van der Waals surface area contributed by atoms with Crippen LogP contribution in [0.3, 0.4) is 0 Å². The van der Waals surface area contributed by atoms with Crippen molar-refractivity contribution in [2.45, 2.75) is 10.8 Å². The molecule has 0 aliphatic rings. The average Bonchev–Trinajstić information content (AvgIpc) is 3.18. The zero-order chi connectivity index (χ0) is 22.6. The van der Waals surface area contributed by atoms with E-state index in [-0.39, 0.29) is 10.7 Å². The van der Waals surface area contributed by atoms with E-state index in [2.05, 4.69) is 4.98 Å². The second kappa shape index (κ2) is 9.20. The van der Waals surface area contributed by atoms with Crippen molar-refractivity contribution in [3.8, 4) is 0 Å². The standard InChI is InChI=1S/C23H23N3O4S/c1-25(2)31(29,30)19-12-9-17(10-13-19)11-14-20(27)21(23-24-15-16-26(23)3)22(28)18-7-5-4-6-8-18/h4-16,21H,1-3H3. The van der Waals surface area contributed by atoms with E-state index < -0.39 is 21.7 Å². The van der Waals surface area contributed by atoms with Crippen molar-refractivity contribution in [1.29, 1.82) is 0 Å². The number of hydrogen-bond donors (Lipinski definition) is 0. The van der Waals surface area contributed by atoms with Gasteiger partial charge in [-0.15, -0.1) is 0 Å². The number of hydrogen-bond acceptors (Lipinski definition) is 5. The molecule has 3 aromatic rings. The highest BCUT2D eigenvalue weighted by Crippen LogP contribution is 2.22. The molecule has 0 spiro atoms. The lowest BCUT2D eigenvalue weighted by Crippen LogP contribution is -2.24. The minimum atomic E-state index is -3.53. The van der Waals surface area contributed by atoms with Crippen LogP contribution in [0.1, 0.15) is 27.7 Å². The number of rotatable bonds is 8. The molecule has 0 aliphatic heterocycles. The molecule has 0 saturated heterocycles. The molecule has 0 saturated carbocycles. The molecule has 8 heteroatoms. The van der Waals surface area contributed by atoms with Crippen LogP contribution in [0.15, 0.2) is 78.0 Å². The van der Waals surface area contributed by atoms with E-state index in [0.717, 1.165) is 4.31 Å². The molecule has 1 atom stereocenters. The maximum absolute atomic E-state index is 13.1. The van der Waals surface area contributed by atoms with Crippen molar-refractivity contribution >= 4 is 27.7 Å². The summed E-state index contributed by atoms with van der Waals surface area (Å²) in [5.74, 6) is -1.46. The molecule has 0 N–H and O–H groups in total. The Morgan fingerprint density at radius 3 is 2.23 bits per heavy atom. The van der Waals surface area contributed by atoms with Gasteiger partial charge < -0.3 is 4.57 Å². The first-order chi connectivity index (χ1) is 14.7. The highest BCUT2D eigenvalue weighted by atomic mass is 32.2. The Balaban J connectivity index is 1.88. The van der Waals surface area contributed by atoms with Gasteiger partial charge >= 0.3 is 0 Å². The molecule has 1 heterocycles. The van der Waals surface area contributed by atoms with Gasteiger partial charge in [-0.3, -0.25) is 9.59 Å². The zero-order valence-electron chi connectivity index (χ0n) is 17.5. The van der Waals surface area contributed by atoms with Gasteiger partial charge in [0.25, 0.3) is 0 Å². The van der Waals surface area contributed by atoms with Gasteiger partial charge in [0.2, 0.25) is 10.0 Å². The molecule has 0 bridgehead atoms. The van der Waals surface area contributed by atoms with Crippen LogP contribution in [0.4, 0.5) is 0 Å². The largest absolute Gasteiger partial charge is 0.337 e. The summed E-state index contributed by atoms with van der Waals surface area (Å²) in [4.78, 5) is 30.5. The van der Waals surface area contributed by atoms with E-state index in [0.29, 0.717) is 17.0 Å². The molecule has 0 fully saturated rings. The van der Waals surface area contributed by atoms with Crippen molar-refractivity contribution in [2.24, 2.45) is 7.05 Å². The van der Waals surface area contributed by atoms with Crippen LogP contribution in [-0.2, 0) is 21.9 Å². The van der Waals surface area contributed by atoms with Crippen molar-refractivity contribution in [1.82, 2.24) is 13.9 Å². The lowest BCUT2D eigenvalue weighted by atomic mass is 9.92. The van der Waals surface area contributed by atoms with Gasteiger partial charge in [0.15, 0.2) is 11.6 Å². The fraction of sp³-hybridized carbons (Fsp3) is 0.174. The first-order valence-electron chi connectivity index (χ1n) is 9.53. The summed E-state index contributed by atoms with van der Waals surface area (Å²) in [6.07, 6.45) is 6.11. The van der Waals surface area contributed by atoms with Crippen LogP contribution in [0.25, 0.3) is 6.08 Å². The minimum Gasteiger partial charge on any atom is -0.337 e. The first kappa shape index (κ1) is 22.3. The number of ketones is 2. The van der Waals surface area contributed by atoms with Crippen LogP contribution >= 0.6 is 0 Å². The molecule has 0 aliphatic carbocycles. The summed E-state index contributed by atoms with van der Waals surface area (Å²) in [5.41, 5.74) is 1.06. The topological polar surface area (TPSA) is 89.3 Å². The van der Waals surface area contributed by atoms with Crippen LogP contribution in [-0.4, -0.2) is 47.9 Å². The SMILES string of the molecule is CN(C)S(=O)(=O)c1ccc(C=CC(=O)C(C(=O)c2ccccc2)c2nccn2C)cc1. The Labute approximate surface area is 181 Å². The third-order valence-corrected chi connectivity index (χ3v) is 6.65. The van der Waals surface area contributed by atoms with Crippen molar-refractivity contribution in [3.63, 3.8) is 0 Å². The fourth-order valence-corrected chi connectivity index (χ4v) is 3.94. The maximum Gasteiger partial charge on any atom is 0.242 e. The molecule has 3 rings (SSSR count). The molecule has 2 aromatic carbocycles. The van der Waals surface area contributed by atoms with Crippen LogP contribution < -0.4 is 0 Å². The van der Waals surface area contributed by atoms with Gasteiger partial charge in [-0.2, -0.15) is 0 Å². The highest BCUT2D eigenvalue weighted by molar-refractivity contribution is 7.89. The second-order valence-corrected chi connectivity index (χ2v) is 9.30. The van der Waals surface area contributed by atoms with Gasteiger partial charge in [0.05, 0.1) is 4.90 Å². The van der Waals surface area contributed by atoms with Gasteiger partial charge in [0, 0.05) is 39.1 Å². The second-order valence-electron chi connectivity index (χ2n) is 7.15. The Kier molecular flexibility index (Phi) is 6.62. The molecule has 1 aromatic heterocycles. The van der Waals surface area contributed by atoms with E-state index in [4.69, 9.17) is 0 Å². The Bertz CT molecular complexity index is 1210. The predicted molar refractivity (Wildman–Crippen MR) is 118 cm³/mol. The number of aryl methyl sites for hydroxylation is 1. The van der Waals surface area contributed by atoms with E-state index in [1.807, 2.05) is 0 Å². The summed E-state index contributed by atoms with van der Waals surface area (Å²) < 4.78 is 27.1. The quantitative estimate of drug-likeness (QED) is 0.307. The lowest BCUT2D eigenvalue weighted by molar-refractivity contribution is -0.115. The summed E-state index contributed by atoms with van der Waals surface area (Å²) in [7, 11) is 1.13. The number of aromatic nitrogens is 2. The zero-order valence-corrected chi connectivity index (χ0v) is 18.3. The Morgan fingerprint density at radius 2 is 1.68 bits per heavy atom. The molecule has 0 amide bonds. The number of Topliss-reactive ketones (excluding diaryl/α,β-unsaturated/α-hetero) is 1. The summed E-state index contributed by atoms with van der Waals surface area (Å²) >= 11 is 0. The van der Waals surface area contributed by atoms with Gasteiger partial charge in [-0.1, -0.05) is 48.5 Å². The van der Waals surface area contributed by atoms with Gasteiger partial charge in [-0.25, -0.2) is 17.7 Å². The third-order valence-electron chi connectivity index (χ3n) is 4.82. The molecule has 0 radical (unpaired) electrons. The Morgan fingerprint density at radius 1 is 1.03 bits per heavy atom. The highest BCUT2D eigenvalue weighted by Gasteiger charge is 2.31. The lowest BCUT2D eigenvalue weighted by Gasteiger charge is -2.13.